The molecule has 9 nitrogen and oxygen atoms in total. The molecule has 0 aromatic carbocycles. The molecule has 3 atom stereocenters. The molecule has 470 valence electrons. The summed E-state index contributed by atoms with van der Waals surface area (Å²) in [5.74, 6) is -0.515. The maximum Gasteiger partial charge on any atom is 0.472 e. The lowest BCUT2D eigenvalue weighted by atomic mass is 10.0. The first-order chi connectivity index (χ1) is 39.4. The van der Waals surface area contributed by atoms with Gasteiger partial charge < -0.3 is 19.4 Å². The predicted octanol–water partition coefficient (Wildman–Crippen LogP) is 21.3. The zero-order valence-corrected chi connectivity index (χ0v) is 54.7. The van der Waals surface area contributed by atoms with Gasteiger partial charge in [-0.15, -0.1) is 0 Å². The summed E-state index contributed by atoms with van der Waals surface area (Å²) in [4.78, 5) is 37.9. The summed E-state index contributed by atoms with van der Waals surface area (Å²) in [6.07, 6.45) is 80.1. The number of carbonyl (C=O) groups is 2. The summed E-state index contributed by atoms with van der Waals surface area (Å²) in [5.41, 5.74) is 0. The number of phosphoric acid groups is 1. The Morgan fingerprint density at radius 1 is 0.444 bits per heavy atom. The molecule has 2 N–H and O–H groups in total. The van der Waals surface area contributed by atoms with Gasteiger partial charge in [-0.3, -0.25) is 18.6 Å². The molecule has 0 aromatic heterocycles. The van der Waals surface area contributed by atoms with Crippen LogP contribution in [0, 0.1) is 0 Å². The standard InChI is InChI=1S/C71H129N2O7P/c1-7-10-13-16-19-22-25-28-30-32-34-35-36-37-39-40-42-45-48-51-54-57-60-63-70(74)72-68(67-79-81(76,77)78-66-65-73(4,5)6)69(62-59-56-53-50-47-44-27-24-21-18-15-12-9-3)80-71(75)64-61-58-55-52-49-46-43-41-38-33-31-29-26-23-20-17-14-11-8-2/h10,13,19,22,28-31,34-35,37,39,59,62,68-69H,7-9,11-12,14-18,20-21,23-27,32-33,36,38,40-58,60-61,63-67H2,1-6H3,(H-,72,74,76,77)/p+1/b13-10-,22-19-,30-28-,31-29+,35-34-,39-37-,62-59-. The van der Waals surface area contributed by atoms with E-state index < -0.39 is 20.0 Å². The molecule has 0 aromatic rings. The Hall–Kier alpha value is -2.81. The van der Waals surface area contributed by atoms with E-state index in [0.717, 1.165) is 103 Å². The van der Waals surface area contributed by atoms with Crippen molar-refractivity contribution < 1.29 is 37.3 Å². The molecule has 0 aliphatic rings. The number of amides is 1. The lowest BCUT2D eigenvalue weighted by Crippen LogP contribution is -2.47. The van der Waals surface area contributed by atoms with Crippen LogP contribution in [-0.4, -0.2) is 74.3 Å². The third-order valence-corrected chi connectivity index (χ3v) is 15.8. The van der Waals surface area contributed by atoms with Crippen molar-refractivity contribution in [3.05, 3.63) is 85.1 Å². The molecule has 0 spiro atoms. The number of nitrogens with zero attached hydrogens (tertiary/aromatic N) is 1. The zero-order chi connectivity index (χ0) is 59.3. The third-order valence-electron chi connectivity index (χ3n) is 14.8. The van der Waals surface area contributed by atoms with E-state index in [1.54, 1.807) is 0 Å². The van der Waals surface area contributed by atoms with Crippen molar-refractivity contribution in [3.8, 4) is 0 Å². The van der Waals surface area contributed by atoms with Crippen LogP contribution in [0.5, 0.6) is 0 Å². The first kappa shape index (κ1) is 78.2. The summed E-state index contributed by atoms with van der Waals surface area (Å²) >= 11 is 0. The molecule has 0 saturated carbocycles. The molecular weight excluding hydrogens is 1020 g/mol. The Kier molecular flexibility index (Phi) is 58.2. The highest BCUT2D eigenvalue weighted by molar-refractivity contribution is 7.47. The maximum atomic E-state index is 13.6. The van der Waals surface area contributed by atoms with Crippen LogP contribution in [-0.2, 0) is 27.9 Å². The second-order valence-corrected chi connectivity index (χ2v) is 25.4. The van der Waals surface area contributed by atoms with Gasteiger partial charge in [0, 0.05) is 12.8 Å². The van der Waals surface area contributed by atoms with Gasteiger partial charge in [0.25, 0.3) is 0 Å². The van der Waals surface area contributed by atoms with Crippen LogP contribution >= 0.6 is 7.82 Å². The van der Waals surface area contributed by atoms with E-state index in [9.17, 15) is 19.0 Å². The molecular formula is C71H130N2O7P+. The van der Waals surface area contributed by atoms with E-state index in [2.05, 4.69) is 99.0 Å². The number of allylic oxidation sites excluding steroid dienone is 13. The third kappa shape index (κ3) is 61.6. The van der Waals surface area contributed by atoms with Gasteiger partial charge in [0.05, 0.1) is 33.8 Å². The second-order valence-electron chi connectivity index (χ2n) is 24.0. The number of rotatable bonds is 61. The fourth-order valence-electron chi connectivity index (χ4n) is 9.61. The first-order valence-electron chi connectivity index (χ1n) is 33.9. The minimum Gasteiger partial charge on any atom is -0.456 e. The van der Waals surface area contributed by atoms with Gasteiger partial charge in [-0.1, -0.05) is 273 Å². The second kappa shape index (κ2) is 60.3. The molecule has 0 bridgehead atoms. The number of ether oxygens (including phenoxy) is 1. The number of esters is 1. The Morgan fingerprint density at radius 3 is 1.20 bits per heavy atom. The molecule has 0 radical (unpaired) electrons. The van der Waals surface area contributed by atoms with Crippen molar-refractivity contribution in [1.82, 2.24) is 5.32 Å². The van der Waals surface area contributed by atoms with Gasteiger partial charge in [0.1, 0.15) is 19.3 Å². The molecule has 81 heavy (non-hydrogen) atoms. The number of carbonyl (C=O) groups excluding carboxylic acids is 2. The van der Waals surface area contributed by atoms with Crippen LogP contribution in [0.25, 0.3) is 0 Å². The van der Waals surface area contributed by atoms with E-state index in [1.165, 1.54) is 167 Å². The van der Waals surface area contributed by atoms with E-state index in [0.29, 0.717) is 17.4 Å². The number of unbranched alkanes of at least 4 members (excludes halogenated alkanes) is 33. The Balaban J connectivity index is 5.21. The van der Waals surface area contributed by atoms with Crippen molar-refractivity contribution in [2.24, 2.45) is 0 Å². The highest BCUT2D eigenvalue weighted by atomic mass is 31.2. The molecule has 3 unspecified atom stereocenters. The van der Waals surface area contributed by atoms with E-state index in [4.69, 9.17) is 13.8 Å². The van der Waals surface area contributed by atoms with Crippen LogP contribution in [0.2, 0.25) is 0 Å². The monoisotopic (exact) mass is 1150 g/mol. The smallest absolute Gasteiger partial charge is 0.456 e. The fourth-order valence-corrected chi connectivity index (χ4v) is 10.3. The Morgan fingerprint density at radius 2 is 0.790 bits per heavy atom. The number of nitrogens with one attached hydrogen (secondary N) is 1. The molecule has 1 amide bonds. The number of phosphoric ester groups is 1. The number of hydrogen-bond acceptors (Lipinski definition) is 6. The summed E-state index contributed by atoms with van der Waals surface area (Å²) in [5, 5.41) is 3.06. The lowest BCUT2D eigenvalue weighted by Gasteiger charge is -2.27. The average Bonchev–Trinajstić information content (AvgIpc) is 3.44. The number of hydrogen-bond donors (Lipinski definition) is 2. The van der Waals surface area contributed by atoms with Gasteiger partial charge in [-0.25, -0.2) is 4.57 Å². The molecule has 0 saturated heterocycles. The Bertz CT molecular complexity index is 1660. The molecule has 0 aliphatic heterocycles. The highest BCUT2D eigenvalue weighted by Gasteiger charge is 2.30. The summed E-state index contributed by atoms with van der Waals surface area (Å²) < 4.78 is 30.8. The maximum absolute atomic E-state index is 13.6. The van der Waals surface area contributed by atoms with Crippen LogP contribution in [0.1, 0.15) is 303 Å². The minimum atomic E-state index is -4.46. The molecule has 0 rings (SSSR count). The number of likely N-dealkylation sites (N-methyl/N-ethyl adjacent to an activating group) is 1. The van der Waals surface area contributed by atoms with Crippen LogP contribution in [0.3, 0.4) is 0 Å². The van der Waals surface area contributed by atoms with Gasteiger partial charge >= 0.3 is 13.8 Å². The normalized spacial score (nSPS) is 14.1. The van der Waals surface area contributed by atoms with Crippen LogP contribution in [0.15, 0.2) is 85.1 Å². The highest BCUT2D eigenvalue weighted by Crippen LogP contribution is 2.43. The first-order valence-corrected chi connectivity index (χ1v) is 35.4. The predicted molar refractivity (Wildman–Crippen MR) is 351 cm³/mol. The van der Waals surface area contributed by atoms with E-state index in [1.807, 2.05) is 33.3 Å². The van der Waals surface area contributed by atoms with Crippen molar-refractivity contribution in [1.29, 1.82) is 0 Å². The van der Waals surface area contributed by atoms with Crippen molar-refractivity contribution >= 4 is 19.7 Å². The van der Waals surface area contributed by atoms with Crippen molar-refractivity contribution in [3.63, 3.8) is 0 Å². The van der Waals surface area contributed by atoms with Crippen LogP contribution < -0.4 is 5.32 Å². The topological polar surface area (TPSA) is 111 Å². The van der Waals surface area contributed by atoms with Gasteiger partial charge in [0.15, 0.2) is 0 Å². The Labute approximate surface area is 501 Å². The quantitative estimate of drug-likeness (QED) is 0.0205. The fraction of sp³-hybridized carbons (Fsp3) is 0.775. The summed E-state index contributed by atoms with van der Waals surface area (Å²) in [6.45, 7) is 6.91. The molecule has 0 aliphatic carbocycles. The molecule has 0 fully saturated rings. The lowest BCUT2D eigenvalue weighted by molar-refractivity contribution is -0.870. The van der Waals surface area contributed by atoms with E-state index >= 15 is 0 Å². The van der Waals surface area contributed by atoms with Crippen molar-refractivity contribution in [2.75, 3.05) is 40.9 Å². The van der Waals surface area contributed by atoms with Gasteiger partial charge in [-0.05, 0) is 102 Å². The summed E-state index contributed by atoms with van der Waals surface area (Å²) in [7, 11) is 1.48. The van der Waals surface area contributed by atoms with Crippen molar-refractivity contribution in [2.45, 2.75) is 315 Å². The largest absolute Gasteiger partial charge is 0.472 e. The van der Waals surface area contributed by atoms with Gasteiger partial charge in [0.2, 0.25) is 5.91 Å². The average molecular weight is 1150 g/mol. The minimum absolute atomic E-state index is 0.0349. The van der Waals surface area contributed by atoms with Crippen LogP contribution in [0.4, 0.5) is 0 Å². The molecule has 0 heterocycles. The number of quaternary nitrogens is 1. The van der Waals surface area contributed by atoms with Gasteiger partial charge in [-0.2, -0.15) is 0 Å². The van der Waals surface area contributed by atoms with E-state index in [-0.39, 0.29) is 31.5 Å². The summed E-state index contributed by atoms with van der Waals surface area (Å²) in [6, 6.07) is -0.860. The zero-order valence-electron chi connectivity index (χ0n) is 53.8. The molecule has 10 heteroatoms. The SMILES string of the molecule is CC/C=C\C/C=C\C/C=C\C/C=C\C/C=C\CCCCCCCCCC(=O)NC(COP(=O)(O)OCC[N+](C)(C)C)C(/C=C\CCCCCCCCCCCCC)OC(=O)CCCCCCCCCCC/C=C/CCCCCCCC.